The molecule has 1 aromatic heterocycles. The molecule has 1 aliphatic rings. The van der Waals surface area contributed by atoms with Crippen LogP contribution in [0.4, 0.5) is 6.01 Å². The van der Waals surface area contributed by atoms with Gasteiger partial charge < -0.3 is 19.4 Å². The van der Waals surface area contributed by atoms with Crippen LogP contribution in [0.15, 0.2) is 22.6 Å². The molecule has 1 amide bonds. The predicted octanol–water partition coefficient (Wildman–Crippen LogP) is 1.99. The van der Waals surface area contributed by atoms with Gasteiger partial charge in [-0.1, -0.05) is 11.6 Å². The topological polar surface area (TPSA) is 84.7 Å². The predicted molar refractivity (Wildman–Crippen MR) is 89.0 cm³/mol. The summed E-state index contributed by atoms with van der Waals surface area (Å²) in [7, 11) is 1.29. The van der Waals surface area contributed by atoms with Gasteiger partial charge in [0.25, 0.3) is 6.01 Å². The summed E-state index contributed by atoms with van der Waals surface area (Å²) in [6.07, 6.45) is 1.60. The van der Waals surface area contributed by atoms with E-state index in [4.69, 9.17) is 16.0 Å². The van der Waals surface area contributed by atoms with Crippen molar-refractivity contribution in [2.45, 2.75) is 12.8 Å². The van der Waals surface area contributed by atoms with Gasteiger partial charge in [-0.25, -0.2) is 0 Å². The molecule has 7 nitrogen and oxygen atoms in total. The lowest BCUT2D eigenvalue weighted by Crippen LogP contribution is -2.44. The van der Waals surface area contributed by atoms with Crippen molar-refractivity contribution in [2.75, 3.05) is 31.6 Å². The molecule has 0 aliphatic carbocycles. The SMILES string of the molecule is COC(=O)CNC(=O)C1CCCN(c2nc3cc(Cl)ccc3o2)C1. The van der Waals surface area contributed by atoms with Crippen molar-refractivity contribution in [2.24, 2.45) is 5.92 Å². The Morgan fingerprint density at radius 2 is 2.33 bits per heavy atom. The number of oxazole rings is 1. The zero-order valence-electron chi connectivity index (χ0n) is 13.3. The molecular weight excluding hydrogens is 334 g/mol. The smallest absolute Gasteiger partial charge is 0.325 e. The van der Waals surface area contributed by atoms with Gasteiger partial charge in [0.1, 0.15) is 12.1 Å². The summed E-state index contributed by atoms with van der Waals surface area (Å²) >= 11 is 5.96. The van der Waals surface area contributed by atoms with Crippen molar-refractivity contribution in [3.63, 3.8) is 0 Å². The number of carbonyl (C=O) groups is 2. The Balaban J connectivity index is 1.68. The fraction of sp³-hybridized carbons (Fsp3) is 0.438. The van der Waals surface area contributed by atoms with Crippen molar-refractivity contribution in [3.05, 3.63) is 23.2 Å². The fourth-order valence-electron chi connectivity index (χ4n) is 2.76. The molecule has 128 valence electrons. The van der Waals surface area contributed by atoms with Gasteiger partial charge in [0, 0.05) is 18.1 Å². The van der Waals surface area contributed by atoms with Gasteiger partial charge in [-0.05, 0) is 31.0 Å². The third-order valence-corrected chi connectivity index (χ3v) is 4.27. The highest BCUT2D eigenvalue weighted by Crippen LogP contribution is 2.27. The minimum absolute atomic E-state index is 0.118. The lowest BCUT2D eigenvalue weighted by Gasteiger charge is -2.30. The van der Waals surface area contributed by atoms with Crippen LogP contribution in [0.25, 0.3) is 11.1 Å². The van der Waals surface area contributed by atoms with Crippen LogP contribution in [0.5, 0.6) is 0 Å². The molecule has 1 unspecified atom stereocenters. The molecule has 0 saturated carbocycles. The number of fused-ring (bicyclic) bond motifs is 1. The van der Waals surface area contributed by atoms with E-state index in [1.165, 1.54) is 7.11 Å². The van der Waals surface area contributed by atoms with Crippen LogP contribution in [0.2, 0.25) is 5.02 Å². The standard InChI is InChI=1S/C16H18ClN3O4/c1-23-14(21)8-18-15(22)10-3-2-6-20(9-10)16-19-12-7-11(17)4-5-13(12)24-16/h4-5,7,10H,2-3,6,8-9H2,1H3,(H,18,22). The number of piperidine rings is 1. The molecule has 0 radical (unpaired) electrons. The van der Waals surface area contributed by atoms with Gasteiger partial charge >= 0.3 is 5.97 Å². The van der Waals surface area contributed by atoms with Gasteiger partial charge in [0.05, 0.1) is 13.0 Å². The summed E-state index contributed by atoms with van der Waals surface area (Å²) in [5.41, 5.74) is 1.35. The van der Waals surface area contributed by atoms with Crippen molar-refractivity contribution in [1.29, 1.82) is 0 Å². The highest BCUT2D eigenvalue weighted by molar-refractivity contribution is 6.31. The van der Waals surface area contributed by atoms with Gasteiger partial charge in [0.2, 0.25) is 5.91 Å². The molecule has 0 bridgehead atoms. The summed E-state index contributed by atoms with van der Waals surface area (Å²) in [5, 5.41) is 3.20. The molecule has 1 aromatic carbocycles. The first kappa shape index (κ1) is 16.6. The maximum Gasteiger partial charge on any atom is 0.325 e. The van der Waals surface area contributed by atoms with E-state index in [0.29, 0.717) is 28.7 Å². The average Bonchev–Trinajstić information content (AvgIpc) is 3.02. The molecule has 3 rings (SSSR count). The van der Waals surface area contributed by atoms with Crippen LogP contribution < -0.4 is 10.2 Å². The summed E-state index contributed by atoms with van der Waals surface area (Å²) in [6.45, 7) is 1.14. The first-order chi connectivity index (χ1) is 11.6. The minimum atomic E-state index is -0.466. The number of nitrogens with zero attached hydrogens (tertiary/aromatic N) is 2. The molecular formula is C16H18ClN3O4. The number of halogens is 1. The van der Waals surface area contributed by atoms with Crippen LogP contribution in [0.3, 0.4) is 0 Å². The number of amides is 1. The van der Waals surface area contributed by atoms with E-state index in [9.17, 15) is 9.59 Å². The Morgan fingerprint density at radius 1 is 1.50 bits per heavy atom. The highest BCUT2D eigenvalue weighted by Gasteiger charge is 2.28. The van der Waals surface area contributed by atoms with Crippen LogP contribution in [0.1, 0.15) is 12.8 Å². The molecule has 1 atom stereocenters. The number of esters is 1. The number of aromatic nitrogens is 1. The maximum atomic E-state index is 12.2. The number of benzene rings is 1. The lowest BCUT2D eigenvalue weighted by atomic mass is 9.97. The zero-order valence-corrected chi connectivity index (χ0v) is 14.0. The number of rotatable bonds is 4. The van der Waals surface area contributed by atoms with E-state index >= 15 is 0 Å². The summed E-state index contributed by atoms with van der Waals surface area (Å²) in [4.78, 5) is 29.7. The zero-order chi connectivity index (χ0) is 17.1. The van der Waals surface area contributed by atoms with Crippen molar-refractivity contribution in [3.8, 4) is 0 Å². The van der Waals surface area contributed by atoms with E-state index in [1.54, 1.807) is 18.2 Å². The molecule has 1 saturated heterocycles. The Hall–Kier alpha value is -2.28. The molecule has 1 aliphatic heterocycles. The molecule has 2 aromatic rings. The summed E-state index contributed by atoms with van der Waals surface area (Å²) in [6, 6.07) is 5.75. The second-order valence-corrected chi connectivity index (χ2v) is 6.12. The van der Waals surface area contributed by atoms with Crippen LogP contribution >= 0.6 is 11.6 Å². The van der Waals surface area contributed by atoms with Crippen molar-refractivity contribution in [1.82, 2.24) is 10.3 Å². The molecule has 8 heteroatoms. The van der Waals surface area contributed by atoms with Crippen LogP contribution in [0, 0.1) is 5.92 Å². The van der Waals surface area contributed by atoms with Gasteiger partial charge in [-0.15, -0.1) is 0 Å². The monoisotopic (exact) mass is 351 g/mol. The molecule has 2 heterocycles. The quantitative estimate of drug-likeness (QED) is 0.848. The third kappa shape index (κ3) is 3.62. The third-order valence-electron chi connectivity index (χ3n) is 4.04. The van der Waals surface area contributed by atoms with Crippen LogP contribution in [-0.2, 0) is 14.3 Å². The van der Waals surface area contributed by atoms with E-state index in [-0.39, 0.29) is 18.4 Å². The highest BCUT2D eigenvalue weighted by atomic mass is 35.5. The first-order valence-corrected chi connectivity index (χ1v) is 8.10. The minimum Gasteiger partial charge on any atom is -0.468 e. The summed E-state index contributed by atoms with van der Waals surface area (Å²) < 4.78 is 10.3. The Bertz CT molecular complexity index is 761. The Morgan fingerprint density at radius 3 is 3.12 bits per heavy atom. The molecule has 24 heavy (non-hydrogen) atoms. The van der Waals surface area contributed by atoms with Gasteiger partial charge in [-0.2, -0.15) is 4.98 Å². The van der Waals surface area contributed by atoms with Crippen LogP contribution in [-0.4, -0.2) is 43.6 Å². The first-order valence-electron chi connectivity index (χ1n) is 7.72. The van der Waals surface area contributed by atoms with Gasteiger partial charge in [-0.3, -0.25) is 9.59 Å². The maximum absolute atomic E-state index is 12.2. The Kier molecular flexibility index (Phi) is 4.89. The van der Waals surface area contributed by atoms with Crippen molar-refractivity contribution < 1.29 is 18.7 Å². The van der Waals surface area contributed by atoms with E-state index in [0.717, 1.165) is 19.4 Å². The van der Waals surface area contributed by atoms with E-state index in [1.807, 2.05) is 4.90 Å². The number of anilines is 1. The number of methoxy groups -OCH3 is 1. The van der Waals surface area contributed by atoms with E-state index in [2.05, 4.69) is 15.0 Å². The number of carbonyl (C=O) groups excluding carboxylic acids is 2. The second kappa shape index (κ2) is 7.09. The fourth-order valence-corrected chi connectivity index (χ4v) is 2.93. The molecule has 1 fully saturated rings. The average molecular weight is 352 g/mol. The summed E-state index contributed by atoms with van der Waals surface area (Å²) in [5.74, 6) is -0.849. The van der Waals surface area contributed by atoms with Crippen molar-refractivity contribution >= 4 is 40.6 Å². The van der Waals surface area contributed by atoms with Gasteiger partial charge in [0.15, 0.2) is 5.58 Å². The lowest BCUT2D eigenvalue weighted by molar-refractivity contribution is -0.141. The number of hydrogen-bond donors (Lipinski definition) is 1. The van der Waals surface area contributed by atoms with E-state index < -0.39 is 5.97 Å². The molecule has 0 spiro atoms. The number of hydrogen-bond acceptors (Lipinski definition) is 6. The largest absolute Gasteiger partial charge is 0.468 e. The number of ether oxygens (including phenoxy) is 1. The normalized spacial score (nSPS) is 17.8. The molecule has 1 N–H and O–H groups in total. The second-order valence-electron chi connectivity index (χ2n) is 5.69. The Labute approximate surface area is 143 Å². The number of nitrogens with one attached hydrogen (secondary N) is 1.